The van der Waals surface area contributed by atoms with Gasteiger partial charge in [-0.25, -0.2) is 0 Å². The van der Waals surface area contributed by atoms with E-state index in [0.29, 0.717) is 5.25 Å². The summed E-state index contributed by atoms with van der Waals surface area (Å²) < 4.78 is 0. The molecule has 0 heterocycles. The topological polar surface area (TPSA) is 20.2 Å². The van der Waals surface area contributed by atoms with Crippen molar-refractivity contribution in [3.63, 3.8) is 0 Å². The normalized spacial score (nSPS) is 14.3. The van der Waals surface area contributed by atoms with Crippen LogP contribution in [0.4, 0.5) is 0 Å². The third-order valence-electron chi connectivity index (χ3n) is 1.09. The minimum atomic E-state index is -0.0996. The van der Waals surface area contributed by atoms with E-state index < -0.39 is 0 Å². The Hall–Kier alpha value is 0.310. The van der Waals surface area contributed by atoms with Crippen molar-refractivity contribution >= 4 is 11.8 Å². The summed E-state index contributed by atoms with van der Waals surface area (Å²) in [6.45, 7) is 6.30. The van der Waals surface area contributed by atoms with Gasteiger partial charge in [0.2, 0.25) is 0 Å². The third-order valence-corrected chi connectivity index (χ3v) is 2.34. The summed E-state index contributed by atoms with van der Waals surface area (Å²) in [5.74, 6) is 0.883. The van der Waals surface area contributed by atoms with E-state index >= 15 is 0 Å². The molecule has 9 heavy (non-hydrogen) atoms. The van der Waals surface area contributed by atoms with E-state index in [4.69, 9.17) is 5.11 Å². The Labute approximate surface area is 61.8 Å². The van der Waals surface area contributed by atoms with E-state index in [1.807, 2.05) is 18.7 Å². The molecule has 0 amide bonds. The summed E-state index contributed by atoms with van der Waals surface area (Å²) in [6.07, 6.45) is 0.775. The maximum atomic E-state index is 9.09. The highest BCUT2D eigenvalue weighted by atomic mass is 32.2. The standard InChI is InChI=1S/C7H16OS/c1-4-7(8)5-9-6(2)3/h6-8H,4-5H2,1-3H3. The predicted molar refractivity (Wildman–Crippen MR) is 43.9 cm³/mol. The molecule has 0 fully saturated rings. The molecule has 0 radical (unpaired) electrons. The van der Waals surface area contributed by atoms with Crippen LogP contribution >= 0.6 is 11.8 Å². The van der Waals surface area contributed by atoms with E-state index in [2.05, 4.69) is 13.8 Å². The highest BCUT2D eigenvalue weighted by Crippen LogP contribution is 2.11. The van der Waals surface area contributed by atoms with Gasteiger partial charge in [-0.3, -0.25) is 0 Å². The molecule has 0 aliphatic carbocycles. The molecule has 0 rings (SSSR count). The van der Waals surface area contributed by atoms with Gasteiger partial charge in [0, 0.05) is 5.75 Å². The fourth-order valence-corrected chi connectivity index (χ4v) is 1.26. The largest absolute Gasteiger partial charge is 0.392 e. The fourth-order valence-electron chi connectivity index (χ4n) is 0.421. The lowest BCUT2D eigenvalue weighted by Gasteiger charge is -2.08. The number of hydrogen-bond donors (Lipinski definition) is 1. The van der Waals surface area contributed by atoms with Crippen LogP contribution in [0, 0.1) is 0 Å². The second-order valence-corrected chi connectivity index (χ2v) is 4.05. The van der Waals surface area contributed by atoms with E-state index in [1.54, 1.807) is 0 Å². The van der Waals surface area contributed by atoms with E-state index in [0.717, 1.165) is 12.2 Å². The summed E-state index contributed by atoms with van der Waals surface area (Å²) in [7, 11) is 0. The van der Waals surface area contributed by atoms with Crippen molar-refractivity contribution in [1.29, 1.82) is 0 Å². The van der Waals surface area contributed by atoms with Gasteiger partial charge in [-0.2, -0.15) is 11.8 Å². The van der Waals surface area contributed by atoms with Gasteiger partial charge in [-0.05, 0) is 11.7 Å². The van der Waals surface area contributed by atoms with Crippen LogP contribution in [0.1, 0.15) is 27.2 Å². The maximum absolute atomic E-state index is 9.09. The smallest absolute Gasteiger partial charge is 0.0628 e. The van der Waals surface area contributed by atoms with Gasteiger partial charge in [0.1, 0.15) is 0 Å². The molecule has 1 unspecified atom stereocenters. The van der Waals surface area contributed by atoms with Crippen molar-refractivity contribution in [1.82, 2.24) is 0 Å². The first-order chi connectivity index (χ1) is 4.16. The molecule has 56 valence electrons. The number of aliphatic hydroxyl groups excluding tert-OH is 1. The Morgan fingerprint density at radius 3 is 2.33 bits per heavy atom. The molecular formula is C7H16OS. The van der Waals surface area contributed by atoms with Crippen LogP contribution in [0.3, 0.4) is 0 Å². The Morgan fingerprint density at radius 2 is 2.00 bits per heavy atom. The average molecular weight is 148 g/mol. The minimum absolute atomic E-state index is 0.0996. The maximum Gasteiger partial charge on any atom is 0.0628 e. The SMILES string of the molecule is CCC(O)CSC(C)C. The molecule has 2 heteroatoms. The van der Waals surface area contributed by atoms with Crippen LogP contribution < -0.4 is 0 Å². The molecule has 0 aromatic rings. The van der Waals surface area contributed by atoms with Crippen molar-refractivity contribution < 1.29 is 5.11 Å². The first-order valence-electron chi connectivity index (χ1n) is 3.46. The molecule has 1 nitrogen and oxygen atoms in total. The lowest BCUT2D eigenvalue weighted by Crippen LogP contribution is -2.09. The molecule has 1 N–H and O–H groups in total. The Kier molecular flexibility index (Phi) is 5.30. The van der Waals surface area contributed by atoms with Gasteiger partial charge in [0.25, 0.3) is 0 Å². The molecule has 0 saturated heterocycles. The molecule has 0 bridgehead atoms. The summed E-state index contributed by atoms with van der Waals surface area (Å²) in [5.41, 5.74) is 0. The molecule has 1 atom stereocenters. The van der Waals surface area contributed by atoms with Crippen LogP contribution in [-0.4, -0.2) is 22.2 Å². The summed E-state index contributed by atoms with van der Waals surface area (Å²) in [5, 5.41) is 9.73. The zero-order chi connectivity index (χ0) is 7.28. The van der Waals surface area contributed by atoms with E-state index in [9.17, 15) is 0 Å². The van der Waals surface area contributed by atoms with Crippen molar-refractivity contribution in [2.24, 2.45) is 0 Å². The molecule has 0 aromatic carbocycles. The van der Waals surface area contributed by atoms with Crippen LogP contribution in [-0.2, 0) is 0 Å². The van der Waals surface area contributed by atoms with Crippen molar-refractivity contribution in [2.45, 2.75) is 38.5 Å². The lowest BCUT2D eigenvalue weighted by atomic mass is 10.3. The van der Waals surface area contributed by atoms with Crippen LogP contribution in [0.5, 0.6) is 0 Å². The number of thioether (sulfide) groups is 1. The summed E-state index contributed by atoms with van der Waals surface area (Å²) >= 11 is 1.81. The first-order valence-corrected chi connectivity index (χ1v) is 4.51. The summed E-state index contributed by atoms with van der Waals surface area (Å²) in [4.78, 5) is 0. The number of aliphatic hydroxyl groups is 1. The average Bonchev–Trinajstić information content (AvgIpc) is 1.83. The molecule has 0 aromatic heterocycles. The van der Waals surface area contributed by atoms with E-state index in [1.165, 1.54) is 0 Å². The zero-order valence-electron chi connectivity index (χ0n) is 6.42. The zero-order valence-corrected chi connectivity index (χ0v) is 7.24. The molecule has 0 spiro atoms. The van der Waals surface area contributed by atoms with Gasteiger partial charge in [-0.15, -0.1) is 0 Å². The number of hydrogen-bond acceptors (Lipinski definition) is 2. The third kappa shape index (κ3) is 6.19. The summed E-state index contributed by atoms with van der Waals surface area (Å²) in [6, 6.07) is 0. The van der Waals surface area contributed by atoms with Gasteiger partial charge in [0.15, 0.2) is 0 Å². The predicted octanol–water partition coefficient (Wildman–Crippen LogP) is 1.90. The van der Waals surface area contributed by atoms with Gasteiger partial charge in [0.05, 0.1) is 6.10 Å². The quantitative estimate of drug-likeness (QED) is 0.657. The molecular weight excluding hydrogens is 132 g/mol. The fraction of sp³-hybridized carbons (Fsp3) is 1.00. The van der Waals surface area contributed by atoms with Crippen LogP contribution in [0.25, 0.3) is 0 Å². The first kappa shape index (κ1) is 9.31. The van der Waals surface area contributed by atoms with Gasteiger partial charge in [-0.1, -0.05) is 20.8 Å². The Morgan fingerprint density at radius 1 is 1.44 bits per heavy atom. The second kappa shape index (κ2) is 5.12. The molecule has 0 aliphatic rings. The van der Waals surface area contributed by atoms with E-state index in [-0.39, 0.29) is 6.10 Å². The Bertz CT molecular complexity index is 63.9. The Balaban J connectivity index is 3.06. The van der Waals surface area contributed by atoms with Crippen molar-refractivity contribution in [2.75, 3.05) is 5.75 Å². The monoisotopic (exact) mass is 148 g/mol. The highest BCUT2D eigenvalue weighted by molar-refractivity contribution is 7.99. The molecule has 0 aliphatic heterocycles. The highest BCUT2D eigenvalue weighted by Gasteiger charge is 2.01. The molecule has 0 saturated carbocycles. The van der Waals surface area contributed by atoms with Gasteiger partial charge < -0.3 is 5.11 Å². The van der Waals surface area contributed by atoms with Gasteiger partial charge >= 0.3 is 0 Å². The van der Waals surface area contributed by atoms with Crippen LogP contribution in [0.15, 0.2) is 0 Å². The van der Waals surface area contributed by atoms with Crippen molar-refractivity contribution in [3.8, 4) is 0 Å². The van der Waals surface area contributed by atoms with Crippen molar-refractivity contribution in [3.05, 3.63) is 0 Å². The lowest BCUT2D eigenvalue weighted by molar-refractivity contribution is 0.195. The number of rotatable bonds is 4. The minimum Gasteiger partial charge on any atom is -0.392 e. The second-order valence-electron chi connectivity index (χ2n) is 2.44. The van der Waals surface area contributed by atoms with Crippen LogP contribution in [0.2, 0.25) is 0 Å².